The fraction of sp³-hybridized carbons (Fsp3) is 0.500. The van der Waals surface area contributed by atoms with Gasteiger partial charge in [0.2, 0.25) is 6.29 Å². The van der Waals surface area contributed by atoms with Crippen LogP contribution in [0.1, 0.15) is 46.0 Å². The maximum atomic E-state index is 11.7. The van der Waals surface area contributed by atoms with Crippen LogP contribution in [0.4, 0.5) is 0 Å². The Morgan fingerprint density at radius 2 is 2.20 bits per heavy atom. The van der Waals surface area contributed by atoms with Gasteiger partial charge in [0.05, 0.1) is 5.57 Å². The molecule has 0 bridgehead atoms. The number of rotatable bonds is 4. The van der Waals surface area contributed by atoms with Crippen LogP contribution in [0.15, 0.2) is 47.6 Å². The van der Waals surface area contributed by atoms with Gasteiger partial charge in [-0.1, -0.05) is 32.6 Å². The molecule has 0 saturated carbocycles. The van der Waals surface area contributed by atoms with Gasteiger partial charge >= 0.3 is 11.9 Å². The van der Waals surface area contributed by atoms with Crippen LogP contribution in [0.3, 0.4) is 0 Å². The summed E-state index contributed by atoms with van der Waals surface area (Å²) in [5.41, 5.74) is 1.39. The van der Waals surface area contributed by atoms with Gasteiger partial charge in [-0.3, -0.25) is 0 Å². The summed E-state index contributed by atoms with van der Waals surface area (Å²) in [6.45, 7) is 8.26. The molecule has 5 nitrogen and oxygen atoms in total. The highest BCUT2D eigenvalue weighted by atomic mass is 16.6. The molecule has 1 heterocycles. The van der Waals surface area contributed by atoms with Gasteiger partial charge in [-0.25, -0.2) is 9.59 Å². The van der Waals surface area contributed by atoms with Gasteiger partial charge in [0.1, 0.15) is 0 Å². The molecule has 0 amide bonds. The second kappa shape index (κ2) is 7.83. The van der Waals surface area contributed by atoms with Crippen molar-refractivity contribution in [1.82, 2.24) is 0 Å². The largest absolute Gasteiger partial charge is 0.478 e. The van der Waals surface area contributed by atoms with E-state index >= 15 is 0 Å². The Hall–Kier alpha value is -2.14. The second-order valence-corrected chi connectivity index (χ2v) is 7.20. The highest BCUT2D eigenvalue weighted by molar-refractivity contribution is 5.92. The zero-order valence-electron chi connectivity index (χ0n) is 14.8. The predicted octanol–water partition coefficient (Wildman–Crippen LogP) is 3.52. The molecule has 0 fully saturated rings. The number of carboxylic acid groups (broad SMARTS) is 1. The number of aliphatic hydroxyl groups is 1. The Kier molecular flexibility index (Phi) is 6.01. The minimum Gasteiger partial charge on any atom is -0.478 e. The van der Waals surface area contributed by atoms with Crippen molar-refractivity contribution in [2.24, 2.45) is 11.3 Å². The zero-order chi connectivity index (χ0) is 18.6. The van der Waals surface area contributed by atoms with Crippen molar-refractivity contribution >= 4 is 11.9 Å². The van der Waals surface area contributed by atoms with E-state index in [9.17, 15) is 19.8 Å². The molecule has 0 saturated heterocycles. The lowest BCUT2D eigenvalue weighted by atomic mass is 9.69. The number of carboxylic acids is 1. The van der Waals surface area contributed by atoms with E-state index in [1.807, 2.05) is 6.08 Å². The third-order valence-electron chi connectivity index (χ3n) is 5.46. The van der Waals surface area contributed by atoms with Crippen molar-refractivity contribution in [2.75, 3.05) is 0 Å². The number of cyclic esters (lactones) is 1. The van der Waals surface area contributed by atoms with Crippen molar-refractivity contribution in [2.45, 2.75) is 52.2 Å². The van der Waals surface area contributed by atoms with Crippen LogP contribution in [-0.2, 0) is 14.3 Å². The lowest BCUT2D eigenvalue weighted by Crippen LogP contribution is -2.26. The van der Waals surface area contributed by atoms with Crippen molar-refractivity contribution in [3.63, 3.8) is 0 Å². The first-order valence-electron chi connectivity index (χ1n) is 8.61. The standard InChI is InChI=1S/C20H26O5/c1-13-7-8-14(2)20(3,10-5-4-6-16(13)18(22)23)11-9-15-12-17(21)25-19(15)24/h4-6,12,14,17,21H,1,7-11H2,2-3H3,(H,22,23)/b5-4-,16-6?/t14-,17+,20+/m1/s1. The lowest BCUT2D eigenvalue weighted by molar-refractivity contribution is -0.151. The van der Waals surface area contributed by atoms with E-state index in [-0.39, 0.29) is 11.0 Å². The highest BCUT2D eigenvalue weighted by Gasteiger charge is 2.32. The summed E-state index contributed by atoms with van der Waals surface area (Å²) in [5, 5.41) is 18.7. The zero-order valence-corrected chi connectivity index (χ0v) is 14.8. The molecule has 1 aliphatic carbocycles. The third-order valence-corrected chi connectivity index (χ3v) is 5.46. The van der Waals surface area contributed by atoms with Gasteiger partial charge in [0.25, 0.3) is 0 Å². The van der Waals surface area contributed by atoms with Crippen molar-refractivity contribution in [1.29, 1.82) is 0 Å². The topological polar surface area (TPSA) is 83.8 Å². The van der Waals surface area contributed by atoms with Gasteiger partial charge in [0.15, 0.2) is 0 Å². The maximum absolute atomic E-state index is 11.7. The molecule has 2 aliphatic rings. The lowest BCUT2D eigenvalue weighted by Gasteiger charge is -2.36. The number of carbonyl (C=O) groups is 2. The average Bonchev–Trinajstić information content (AvgIpc) is 2.87. The van der Waals surface area contributed by atoms with Gasteiger partial charge in [-0.05, 0) is 61.2 Å². The first kappa shape index (κ1) is 19.2. The highest BCUT2D eigenvalue weighted by Crippen LogP contribution is 2.41. The maximum Gasteiger partial charge on any atom is 0.336 e. The first-order valence-corrected chi connectivity index (χ1v) is 8.61. The van der Waals surface area contributed by atoms with Crippen LogP contribution in [0.25, 0.3) is 0 Å². The molecule has 0 spiro atoms. The fourth-order valence-corrected chi connectivity index (χ4v) is 3.33. The molecule has 2 rings (SSSR count). The van der Waals surface area contributed by atoms with Crippen molar-refractivity contribution in [3.05, 3.63) is 47.6 Å². The number of ether oxygens (including phenoxy) is 1. The second-order valence-electron chi connectivity index (χ2n) is 7.20. The van der Waals surface area contributed by atoms with E-state index in [0.717, 1.165) is 19.3 Å². The molecule has 0 aromatic carbocycles. The SMILES string of the molecule is C=C1CC[C@@H](C)[C@](C)(CCC2=C[C@@H](O)OC2=O)C/C=C\C=C1C(=O)O. The molecule has 1 aliphatic heterocycles. The Labute approximate surface area is 148 Å². The van der Waals surface area contributed by atoms with Crippen LogP contribution in [0, 0.1) is 11.3 Å². The molecule has 25 heavy (non-hydrogen) atoms. The first-order chi connectivity index (χ1) is 11.7. The molecular weight excluding hydrogens is 320 g/mol. The van der Waals surface area contributed by atoms with Crippen LogP contribution >= 0.6 is 0 Å². The minimum atomic E-state index is -1.13. The van der Waals surface area contributed by atoms with E-state index < -0.39 is 18.2 Å². The number of aliphatic carboxylic acids is 1. The van der Waals surface area contributed by atoms with Crippen LogP contribution in [0.5, 0.6) is 0 Å². The smallest absolute Gasteiger partial charge is 0.336 e. The quantitative estimate of drug-likeness (QED) is 0.761. The minimum absolute atomic E-state index is 0.0417. The van der Waals surface area contributed by atoms with Gasteiger partial charge in [-0.2, -0.15) is 0 Å². The summed E-state index contributed by atoms with van der Waals surface area (Å²) in [5.74, 6) is -1.07. The summed E-state index contributed by atoms with van der Waals surface area (Å²) in [6.07, 6.45) is 9.30. The van der Waals surface area contributed by atoms with Crippen LogP contribution in [-0.4, -0.2) is 28.4 Å². The van der Waals surface area contributed by atoms with Gasteiger partial charge in [-0.15, -0.1) is 0 Å². The molecule has 0 radical (unpaired) electrons. The fourth-order valence-electron chi connectivity index (χ4n) is 3.33. The number of hydrogen-bond acceptors (Lipinski definition) is 4. The summed E-state index contributed by atoms with van der Waals surface area (Å²) < 4.78 is 4.74. The molecule has 0 aromatic rings. The Morgan fingerprint density at radius 1 is 1.48 bits per heavy atom. The molecule has 136 valence electrons. The predicted molar refractivity (Wildman–Crippen MR) is 94.5 cm³/mol. The monoisotopic (exact) mass is 346 g/mol. The van der Waals surface area contributed by atoms with Crippen molar-refractivity contribution in [3.8, 4) is 0 Å². The van der Waals surface area contributed by atoms with E-state index in [0.29, 0.717) is 29.9 Å². The van der Waals surface area contributed by atoms with E-state index in [2.05, 4.69) is 20.4 Å². The summed E-state index contributed by atoms with van der Waals surface area (Å²) in [6, 6.07) is 0. The normalized spacial score (nSPS) is 31.8. The Bertz CT molecular complexity index is 655. The summed E-state index contributed by atoms with van der Waals surface area (Å²) >= 11 is 0. The molecule has 3 atom stereocenters. The van der Waals surface area contributed by atoms with Crippen LogP contribution in [0.2, 0.25) is 0 Å². The molecular formula is C20H26O5. The molecule has 2 N–H and O–H groups in total. The summed E-state index contributed by atoms with van der Waals surface area (Å²) in [4.78, 5) is 23.0. The summed E-state index contributed by atoms with van der Waals surface area (Å²) in [7, 11) is 0. The number of hydrogen-bond donors (Lipinski definition) is 2. The average molecular weight is 346 g/mol. The van der Waals surface area contributed by atoms with Gasteiger partial charge in [0, 0.05) is 5.57 Å². The number of aliphatic hydroxyl groups excluding tert-OH is 1. The van der Waals surface area contributed by atoms with E-state index in [1.54, 1.807) is 12.2 Å². The Morgan fingerprint density at radius 3 is 2.80 bits per heavy atom. The molecule has 0 unspecified atom stereocenters. The van der Waals surface area contributed by atoms with Crippen LogP contribution < -0.4 is 0 Å². The number of carbonyl (C=O) groups excluding carboxylic acids is 1. The number of esters is 1. The Balaban J connectivity index is 2.13. The van der Waals surface area contributed by atoms with E-state index in [1.165, 1.54) is 6.08 Å². The van der Waals surface area contributed by atoms with E-state index in [4.69, 9.17) is 4.74 Å². The molecule has 5 heteroatoms. The number of allylic oxidation sites excluding steroid dienone is 3. The van der Waals surface area contributed by atoms with Crippen molar-refractivity contribution < 1.29 is 24.5 Å². The third kappa shape index (κ3) is 4.69. The van der Waals surface area contributed by atoms with Gasteiger partial charge < -0.3 is 14.9 Å². The molecule has 0 aromatic heterocycles.